The molecule has 1 fully saturated rings. The number of likely N-dealkylation sites (tertiary alicyclic amines) is 1. The van der Waals surface area contributed by atoms with Crippen molar-refractivity contribution in [2.24, 2.45) is 7.05 Å². The van der Waals surface area contributed by atoms with Gasteiger partial charge in [-0.25, -0.2) is 0 Å². The predicted octanol–water partition coefficient (Wildman–Crippen LogP) is 3.36. The first-order valence-corrected chi connectivity index (χ1v) is 7.51. The number of carbonyl (C=O) groups excluding carboxylic acids is 1. The van der Waals surface area contributed by atoms with Crippen LogP contribution in [0.2, 0.25) is 5.02 Å². The monoisotopic (exact) mass is 303 g/mol. The van der Waals surface area contributed by atoms with Gasteiger partial charge in [-0.05, 0) is 30.9 Å². The van der Waals surface area contributed by atoms with Crippen LogP contribution >= 0.6 is 11.6 Å². The zero-order chi connectivity index (χ0) is 15.0. The molecule has 1 saturated heterocycles. The van der Waals surface area contributed by atoms with Crippen molar-refractivity contribution in [1.29, 1.82) is 0 Å². The van der Waals surface area contributed by atoms with Gasteiger partial charge >= 0.3 is 0 Å². The summed E-state index contributed by atoms with van der Waals surface area (Å²) in [5.74, 6) is -0.0775. The largest absolute Gasteiger partial charge is 0.330 e. The average molecular weight is 304 g/mol. The summed E-state index contributed by atoms with van der Waals surface area (Å²) in [4.78, 5) is 14.6. The molecule has 3 rings (SSSR count). The van der Waals surface area contributed by atoms with E-state index in [4.69, 9.17) is 11.6 Å². The lowest BCUT2D eigenvalue weighted by molar-refractivity contribution is 0.0728. The summed E-state index contributed by atoms with van der Waals surface area (Å²) in [6, 6.07) is 8.36. The van der Waals surface area contributed by atoms with Crippen molar-refractivity contribution in [2.75, 3.05) is 6.54 Å². The SMILES string of the molecule is Cc1ccccc1[C@@H]1CCCN1C(=O)c1nn(C)cc1Cl. The number of aryl methyl sites for hydroxylation is 2. The number of benzene rings is 1. The topological polar surface area (TPSA) is 38.1 Å². The Balaban J connectivity index is 1.93. The van der Waals surface area contributed by atoms with Crippen molar-refractivity contribution in [1.82, 2.24) is 14.7 Å². The normalized spacial score (nSPS) is 18.2. The van der Waals surface area contributed by atoms with Crippen LogP contribution < -0.4 is 0 Å². The van der Waals surface area contributed by atoms with Gasteiger partial charge in [0, 0.05) is 19.8 Å². The molecule has 0 spiro atoms. The van der Waals surface area contributed by atoms with Crippen molar-refractivity contribution in [3.8, 4) is 0 Å². The molecular formula is C16H18ClN3O. The van der Waals surface area contributed by atoms with Crippen molar-refractivity contribution < 1.29 is 4.79 Å². The number of halogens is 1. The van der Waals surface area contributed by atoms with Crippen LogP contribution in [0.15, 0.2) is 30.5 Å². The van der Waals surface area contributed by atoms with Crippen LogP contribution in [0, 0.1) is 6.92 Å². The van der Waals surface area contributed by atoms with E-state index in [1.54, 1.807) is 17.9 Å². The Morgan fingerprint density at radius 2 is 2.14 bits per heavy atom. The lowest BCUT2D eigenvalue weighted by Gasteiger charge is -2.25. The standard InChI is InChI=1S/C16H18ClN3O/c1-11-6-3-4-7-12(11)14-8-5-9-20(14)16(21)15-13(17)10-19(2)18-15/h3-4,6-7,10,14H,5,8-9H2,1-2H3/t14-/m0/s1. The van der Waals surface area contributed by atoms with Crippen molar-refractivity contribution in [3.05, 3.63) is 52.3 Å². The molecule has 0 saturated carbocycles. The van der Waals surface area contributed by atoms with Crippen molar-refractivity contribution in [3.63, 3.8) is 0 Å². The Morgan fingerprint density at radius 3 is 2.81 bits per heavy atom. The van der Waals surface area contributed by atoms with E-state index >= 15 is 0 Å². The van der Waals surface area contributed by atoms with Crippen LogP contribution in [0.1, 0.15) is 40.5 Å². The number of rotatable bonds is 2. The molecule has 1 aromatic heterocycles. The molecule has 1 amide bonds. The second-order valence-corrected chi connectivity index (χ2v) is 5.92. The second kappa shape index (κ2) is 5.53. The molecule has 0 aliphatic carbocycles. The molecule has 1 aliphatic heterocycles. The Labute approximate surface area is 129 Å². The lowest BCUT2D eigenvalue weighted by Crippen LogP contribution is -2.31. The van der Waals surface area contributed by atoms with Gasteiger partial charge in [-0.3, -0.25) is 9.48 Å². The van der Waals surface area contributed by atoms with Crippen LogP contribution in [0.3, 0.4) is 0 Å². The van der Waals surface area contributed by atoms with Gasteiger partial charge in [-0.15, -0.1) is 0 Å². The predicted molar refractivity (Wildman–Crippen MR) is 82.4 cm³/mol. The number of amides is 1. The van der Waals surface area contributed by atoms with E-state index in [1.807, 2.05) is 17.0 Å². The molecule has 1 aromatic carbocycles. The van der Waals surface area contributed by atoms with E-state index < -0.39 is 0 Å². The van der Waals surface area contributed by atoms with Gasteiger partial charge in [0.25, 0.3) is 5.91 Å². The number of hydrogen-bond acceptors (Lipinski definition) is 2. The Morgan fingerprint density at radius 1 is 1.38 bits per heavy atom. The first-order chi connectivity index (χ1) is 10.1. The van der Waals surface area contributed by atoms with E-state index in [0.717, 1.165) is 19.4 Å². The molecule has 21 heavy (non-hydrogen) atoms. The van der Waals surface area contributed by atoms with E-state index in [1.165, 1.54) is 11.1 Å². The van der Waals surface area contributed by atoms with Crippen molar-refractivity contribution in [2.45, 2.75) is 25.8 Å². The molecule has 2 aromatic rings. The highest BCUT2D eigenvalue weighted by molar-refractivity contribution is 6.33. The molecule has 0 N–H and O–H groups in total. The fourth-order valence-electron chi connectivity index (χ4n) is 3.03. The van der Waals surface area contributed by atoms with Crippen LogP contribution in [0.25, 0.3) is 0 Å². The van der Waals surface area contributed by atoms with Gasteiger partial charge in [0.15, 0.2) is 5.69 Å². The highest BCUT2D eigenvalue weighted by Crippen LogP contribution is 2.35. The first kappa shape index (κ1) is 14.1. The third-order valence-electron chi connectivity index (χ3n) is 4.05. The highest BCUT2D eigenvalue weighted by atomic mass is 35.5. The summed E-state index contributed by atoms with van der Waals surface area (Å²) >= 11 is 6.11. The summed E-state index contributed by atoms with van der Waals surface area (Å²) in [6.45, 7) is 2.84. The summed E-state index contributed by atoms with van der Waals surface area (Å²) in [5.41, 5.74) is 2.78. The van der Waals surface area contributed by atoms with Gasteiger partial charge in [-0.1, -0.05) is 35.9 Å². The van der Waals surface area contributed by atoms with Crippen LogP contribution in [0.5, 0.6) is 0 Å². The quantitative estimate of drug-likeness (QED) is 0.853. The first-order valence-electron chi connectivity index (χ1n) is 7.13. The maximum absolute atomic E-state index is 12.7. The minimum atomic E-state index is -0.0775. The highest BCUT2D eigenvalue weighted by Gasteiger charge is 2.33. The van der Waals surface area contributed by atoms with E-state index in [2.05, 4.69) is 24.2 Å². The van der Waals surface area contributed by atoms with Gasteiger partial charge in [-0.2, -0.15) is 5.10 Å². The summed E-state index contributed by atoms with van der Waals surface area (Å²) in [6.07, 6.45) is 3.66. The maximum Gasteiger partial charge on any atom is 0.276 e. The average Bonchev–Trinajstić information content (AvgIpc) is 3.05. The van der Waals surface area contributed by atoms with Gasteiger partial charge in [0.1, 0.15) is 0 Å². The molecule has 2 heterocycles. The molecule has 110 valence electrons. The Bertz CT molecular complexity index is 680. The number of nitrogens with zero attached hydrogens (tertiary/aromatic N) is 3. The van der Waals surface area contributed by atoms with Crippen LogP contribution in [-0.2, 0) is 7.05 Å². The van der Waals surface area contributed by atoms with E-state index in [0.29, 0.717) is 10.7 Å². The van der Waals surface area contributed by atoms with Crippen LogP contribution in [0.4, 0.5) is 0 Å². The zero-order valence-electron chi connectivity index (χ0n) is 12.2. The number of aromatic nitrogens is 2. The fraction of sp³-hybridized carbons (Fsp3) is 0.375. The molecule has 1 aliphatic rings. The molecule has 0 unspecified atom stereocenters. The fourth-order valence-corrected chi connectivity index (χ4v) is 3.29. The molecule has 1 atom stereocenters. The molecule has 4 nitrogen and oxygen atoms in total. The zero-order valence-corrected chi connectivity index (χ0v) is 13.0. The molecule has 0 bridgehead atoms. The number of hydrogen-bond donors (Lipinski definition) is 0. The molecule has 5 heteroatoms. The van der Waals surface area contributed by atoms with Crippen LogP contribution in [-0.4, -0.2) is 27.1 Å². The minimum Gasteiger partial charge on any atom is -0.330 e. The summed E-state index contributed by atoms with van der Waals surface area (Å²) in [7, 11) is 1.77. The van der Waals surface area contributed by atoms with Gasteiger partial charge in [0.05, 0.1) is 11.1 Å². The van der Waals surface area contributed by atoms with Gasteiger partial charge < -0.3 is 4.90 Å². The van der Waals surface area contributed by atoms with Gasteiger partial charge in [0.2, 0.25) is 0 Å². The molecular weight excluding hydrogens is 286 g/mol. The third kappa shape index (κ3) is 2.56. The third-order valence-corrected chi connectivity index (χ3v) is 4.32. The maximum atomic E-state index is 12.7. The van der Waals surface area contributed by atoms with E-state index in [9.17, 15) is 4.79 Å². The molecule has 0 radical (unpaired) electrons. The second-order valence-electron chi connectivity index (χ2n) is 5.51. The Hall–Kier alpha value is -1.81. The smallest absolute Gasteiger partial charge is 0.276 e. The lowest BCUT2D eigenvalue weighted by atomic mass is 9.99. The Kier molecular flexibility index (Phi) is 3.72. The number of carbonyl (C=O) groups is 1. The summed E-state index contributed by atoms with van der Waals surface area (Å²) < 4.78 is 1.58. The van der Waals surface area contributed by atoms with Crippen molar-refractivity contribution >= 4 is 17.5 Å². The summed E-state index contributed by atoms with van der Waals surface area (Å²) in [5, 5.41) is 4.61. The van der Waals surface area contributed by atoms with E-state index in [-0.39, 0.29) is 11.9 Å². The minimum absolute atomic E-state index is 0.0775.